The van der Waals surface area contributed by atoms with Gasteiger partial charge in [0.05, 0.1) is 11.3 Å². The minimum absolute atomic E-state index is 0.0113. The van der Waals surface area contributed by atoms with Crippen molar-refractivity contribution >= 4 is 27.5 Å². The van der Waals surface area contributed by atoms with Gasteiger partial charge in [0.25, 0.3) is 5.91 Å². The molecule has 1 amide bonds. The van der Waals surface area contributed by atoms with Crippen molar-refractivity contribution in [1.29, 1.82) is 0 Å². The SMILES string of the molecule is Cc1ccc(NC(=O)c2cc(Br)ccc2O)c(O)c1. The van der Waals surface area contributed by atoms with Crippen LogP contribution >= 0.6 is 15.9 Å². The lowest BCUT2D eigenvalue weighted by Crippen LogP contribution is -2.12. The van der Waals surface area contributed by atoms with Gasteiger partial charge in [-0.25, -0.2) is 0 Å². The van der Waals surface area contributed by atoms with Crippen molar-refractivity contribution < 1.29 is 15.0 Å². The molecule has 0 unspecified atom stereocenters. The number of phenols is 2. The highest BCUT2D eigenvalue weighted by Crippen LogP contribution is 2.27. The summed E-state index contributed by atoms with van der Waals surface area (Å²) >= 11 is 3.23. The first-order valence-corrected chi connectivity index (χ1v) is 6.36. The van der Waals surface area contributed by atoms with Crippen LogP contribution in [-0.2, 0) is 0 Å². The maximum Gasteiger partial charge on any atom is 0.259 e. The van der Waals surface area contributed by atoms with Crippen LogP contribution in [0.1, 0.15) is 15.9 Å². The molecule has 0 aliphatic carbocycles. The van der Waals surface area contributed by atoms with Crippen molar-refractivity contribution in [2.75, 3.05) is 5.32 Å². The molecule has 19 heavy (non-hydrogen) atoms. The minimum atomic E-state index is -0.488. The smallest absolute Gasteiger partial charge is 0.259 e. The van der Waals surface area contributed by atoms with E-state index >= 15 is 0 Å². The number of carbonyl (C=O) groups excluding carboxylic acids is 1. The molecule has 0 heterocycles. The Morgan fingerprint density at radius 3 is 2.53 bits per heavy atom. The summed E-state index contributed by atoms with van der Waals surface area (Å²) in [7, 11) is 0. The van der Waals surface area contributed by atoms with Crippen LogP contribution in [0, 0.1) is 6.92 Å². The Balaban J connectivity index is 2.28. The Bertz CT molecular complexity index is 641. The van der Waals surface area contributed by atoms with Gasteiger partial charge < -0.3 is 15.5 Å². The van der Waals surface area contributed by atoms with Crippen LogP contribution < -0.4 is 5.32 Å². The first-order chi connectivity index (χ1) is 8.97. The largest absolute Gasteiger partial charge is 0.507 e. The van der Waals surface area contributed by atoms with Gasteiger partial charge in [-0.1, -0.05) is 22.0 Å². The van der Waals surface area contributed by atoms with Crippen LogP contribution in [0.3, 0.4) is 0 Å². The molecular formula is C14H12BrNO3. The van der Waals surface area contributed by atoms with Crippen LogP contribution in [0.5, 0.6) is 11.5 Å². The number of phenolic OH excluding ortho intramolecular Hbond substituents is 2. The highest BCUT2D eigenvalue weighted by Gasteiger charge is 2.13. The number of hydrogen-bond acceptors (Lipinski definition) is 3. The number of hydrogen-bond donors (Lipinski definition) is 3. The molecule has 0 saturated heterocycles. The topological polar surface area (TPSA) is 69.6 Å². The summed E-state index contributed by atoms with van der Waals surface area (Å²) in [5.74, 6) is -0.618. The summed E-state index contributed by atoms with van der Waals surface area (Å²) < 4.78 is 0.684. The van der Waals surface area contributed by atoms with Crippen molar-refractivity contribution in [2.24, 2.45) is 0 Å². The molecule has 0 atom stereocenters. The number of carbonyl (C=O) groups is 1. The number of halogens is 1. The monoisotopic (exact) mass is 321 g/mol. The van der Waals surface area contributed by atoms with Crippen LogP contribution in [0.2, 0.25) is 0 Å². The second-order valence-corrected chi connectivity index (χ2v) is 5.05. The van der Waals surface area contributed by atoms with E-state index in [0.717, 1.165) is 5.56 Å². The zero-order chi connectivity index (χ0) is 14.0. The molecule has 3 N–H and O–H groups in total. The van der Waals surface area contributed by atoms with Gasteiger partial charge in [-0.15, -0.1) is 0 Å². The molecule has 2 rings (SSSR count). The van der Waals surface area contributed by atoms with Gasteiger partial charge in [-0.05, 0) is 42.8 Å². The van der Waals surface area contributed by atoms with E-state index in [4.69, 9.17) is 0 Å². The normalized spacial score (nSPS) is 10.2. The lowest BCUT2D eigenvalue weighted by atomic mass is 10.1. The molecular weight excluding hydrogens is 310 g/mol. The molecule has 5 heteroatoms. The van der Waals surface area contributed by atoms with E-state index in [9.17, 15) is 15.0 Å². The van der Waals surface area contributed by atoms with E-state index in [1.54, 1.807) is 24.3 Å². The fourth-order valence-electron chi connectivity index (χ4n) is 1.63. The maximum atomic E-state index is 12.0. The van der Waals surface area contributed by atoms with Crippen LogP contribution in [0.15, 0.2) is 40.9 Å². The van der Waals surface area contributed by atoms with E-state index in [2.05, 4.69) is 21.2 Å². The average Bonchev–Trinajstić information content (AvgIpc) is 2.35. The predicted octanol–water partition coefficient (Wildman–Crippen LogP) is 3.42. The van der Waals surface area contributed by atoms with Crippen molar-refractivity contribution in [3.8, 4) is 11.5 Å². The molecule has 0 bridgehead atoms. The highest BCUT2D eigenvalue weighted by molar-refractivity contribution is 9.10. The van der Waals surface area contributed by atoms with Gasteiger partial charge in [0.1, 0.15) is 11.5 Å². The van der Waals surface area contributed by atoms with E-state index < -0.39 is 5.91 Å². The number of nitrogens with one attached hydrogen (secondary N) is 1. The molecule has 4 nitrogen and oxygen atoms in total. The lowest BCUT2D eigenvalue weighted by Gasteiger charge is -2.09. The number of aryl methyl sites for hydroxylation is 1. The molecule has 0 aromatic heterocycles. The van der Waals surface area contributed by atoms with Crippen LogP contribution in [0.25, 0.3) is 0 Å². The van der Waals surface area contributed by atoms with Crippen molar-refractivity contribution in [2.45, 2.75) is 6.92 Å². The molecule has 0 spiro atoms. The maximum absolute atomic E-state index is 12.0. The van der Waals surface area contributed by atoms with Crippen molar-refractivity contribution in [3.63, 3.8) is 0 Å². The minimum Gasteiger partial charge on any atom is -0.507 e. The average molecular weight is 322 g/mol. The molecule has 0 fully saturated rings. The zero-order valence-corrected chi connectivity index (χ0v) is 11.7. The van der Waals surface area contributed by atoms with Crippen LogP contribution in [0.4, 0.5) is 5.69 Å². The van der Waals surface area contributed by atoms with Gasteiger partial charge in [-0.3, -0.25) is 4.79 Å². The standard InChI is InChI=1S/C14H12BrNO3/c1-8-2-4-11(13(18)6-8)16-14(19)10-7-9(15)3-5-12(10)17/h2-7,17-18H,1H3,(H,16,19). The Morgan fingerprint density at radius 2 is 1.84 bits per heavy atom. The quantitative estimate of drug-likeness (QED) is 0.742. The summed E-state index contributed by atoms with van der Waals surface area (Å²) in [6.07, 6.45) is 0. The Labute approximate surface area is 118 Å². The van der Waals surface area contributed by atoms with Crippen molar-refractivity contribution in [3.05, 3.63) is 52.0 Å². The number of aromatic hydroxyl groups is 2. The number of amides is 1. The third kappa shape index (κ3) is 3.06. The fourth-order valence-corrected chi connectivity index (χ4v) is 1.99. The molecule has 0 aliphatic heterocycles. The third-order valence-corrected chi connectivity index (χ3v) is 3.10. The van der Waals surface area contributed by atoms with E-state index in [1.165, 1.54) is 12.1 Å². The summed E-state index contributed by atoms with van der Waals surface area (Å²) in [6, 6.07) is 9.50. The predicted molar refractivity (Wildman–Crippen MR) is 76.6 cm³/mol. The number of anilines is 1. The molecule has 0 aliphatic rings. The molecule has 0 radical (unpaired) electrons. The van der Waals surface area contributed by atoms with Gasteiger partial charge in [-0.2, -0.15) is 0 Å². The summed E-state index contributed by atoms with van der Waals surface area (Å²) in [5.41, 5.74) is 1.32. The van der Waals surface area contributed by atoms with Gasteiger partial charge in [0, 0.05) is 4.47 Å². The fraction of sp³-hybridized carbons (Fsp3) is 0.0714. The Kier molecular flexibility index (Phi) is 3.76. The third-order valence-electron chi connectivity index (χ3n) is 2.60. The summed E-state index contributed by atoms with van der Waals surface area (Å²) in [5, 5.41) is 21.9. The molecule has 2 aromatic rings. The lowest BCUT2D eigenvalue weighted by molar-refractivity contribution is 0.102. The van der Waals surface area contributed by atoms with Gasteiger partial charge in [0.15, 0.2) is 0 Å². The molecule has 2 aromatic carbocycles. The second-order valence-electron chi connectivity index (χ2n) is 4.14. The number of benzene rings is 2. The summed E-state index contributed by atoms with van der Waals surface area (Å²) in [4.78, 5) is 12.0. The van der Waals surface area contributed by atoms with Crippen molar-refractivity contribution in [1.82, 2.24) is 0 Å². The zero-order valence-electron chi connectivity index (χ0n) is 10.1. The Morgan fingerprint density at radius 1 is 1.11 bits per heavy atom. The molecule has 0 saturated carbocycles. The van der Waals surface area contributed by atoms with Gasteiger partial charge >= 0.3 is 0 Å². The van der Waals surface area contributed by atoms with E-state index in [-0.39, 0.29) is 17.1 Å². The number of rotatable bonds is 2. The first kappa shape index (κ1) is 13.4. The van der Waals surface area contributed by atoms with Gasteiger partial charge in [0.2, 0.25) is 0 Å². The van der Waals surface area contributed by atoms with E-state index in [0.29, 0.717) is 10.2 Å². The molecule has 98 valence electrons. The second kappa shape index (κ2) is 5.32. The van der Waals surface area contributed by atoms with Crippen LogP contribution in [-0.4, -0.2) is 16.1 Å². The Hall–Kier alpha value is -2.01. The summed E-state index contributed by atoms with van der Waals surface area (Å²) in [6.45, 7) is 1.84. The first-order valence-electron chi connectivity index (χ1n) is 5.57. The highest BCUT2D eigenvalue weighted by atomic mass is 79.9. The van der Waals surface area contributed by atoms with E-state index in [1.807, 2.05) is 6.92 Å².